The number of hydrogen-bond donors (Lipinski definition) is 2. The fourth-order valence-corrected chi connectivity index (χ4v) is 3.47. The van der Waals surface area contributed by atoms with Crippen molar-refractivity contribution in [2.75, 3.05) is 26.2 Å². The van der Waals surface area contributed by atoms with E-state index in [9.17, 15) is 0 Å². The molecule has 0 spiro atoms. The van der Waals surface area contributed by atoms with Crippen LogP contribution in [0.1, 0.15) is 30.6 Å². The van der Waals surface area contributed by atoms with Gasteiger partial charge in [0.15, 0.2) is 0 Å². The number of nitrogens with one attached hydrogen (secondary N) is 2. The molecule has 1 atom stereocenters. The van der Waals surface area contributed by atoms with Gasteiger partial charge in [-0.3, -0.25) is 4.90 Å². The number of halogens is 2. The van der Waals surface area contributed by atoms with Gasteiger partial charge in [0.2, 0.25) is 0 Å². The molecule has 3 rings (SSSR count). The zero-order valence-corrected chi connectivity index (χ0v) is 15.5. The number of aromatic amines is 1. The maximum Gasteiger partial charge on any atom is 0.0459 e. The Morgan fingerprint density at radius 3 is 2.52 bits per heavy atom. The van der Waals surface area contributed by atoms with E-state index in [1.54, 1.807) is 0 Å². The molecule has 1 aromatic carbocycles. The van der Waals surface area contributed by atoms with E-state index in [0.29, 0.717) is 6.04 Å². The molecule has 0 unspecified atom stereocenters. The van der Waals surface area contributed by atoms with Crippen molar-refractivity contribution in [1.82, 2.24) is 15.2 Å². The Kier molecular flexibility index (Phi) is 7.62. The first kappa shape index (κ1) is 20.0. The van der Waals surface area contributed by atoms with Crippen LogP contribution in [0.4, 0.5) is 0 Å². The van der Waals surface area contributed by atoms with Gasteiger partial charge in [-0.2, -0.15) is 0 Å². The molecule has 2 heterocycles. The average molecular weight is 356 g/mol. The molecule has 1 aliphatic heterocycles. The van der Waals surface area contributed by atoms with Crippen LogP contribution in [0, 0.1) is 6.92 Å². The van der Waals surface area contributed by atoms with Crippen LogP contribution in [0.2, 0.25) is 0 Å². The summed E-state index contributed by atoms with van der Waals surface area (Å²) in [5.74, 6) is 0. The largest absolute Gasteiger partial charge is 0.358 e. The number of aryl methyl sites for hydroxylation is 1. The number of aromatic nitrogens is 1. The molecule has 1 fully saturated rings. The fraction of sp³-hybridized carbons (Fsp3) is 0.444. The molecular formula is C18H27Cl2N3. The summed E-state index contributed by atoms with van der Waals surface area (Å²) in [5.41, 5.74) is 5.24. The van der Waals surface area contributed by atoms with E-state index in [4.69, 9.17) is 0 Å². The number of H-pyrrole nitrogens is 1. The molecule has 1 aromatic heterocycles. The number of fused-ring (bicyclic) bond motifs is 1. The van der Waals surface area contributed by atoms with Crippen molar-refractivity contribution in [1.29, 1.82) is 0 Å². The van der Waals surface area contributed by atoms with Crippen LogP contribution in [-0.4, -0.2) is 36.1 Å². The number of nitrogens with zero attached hydrogens (tertiary/aromatic N) is 1. The second kappa shape index (κ2) is 8.74. The Bertz CT molecular complexity index is 645. The molecule has 2 N–H and O–H groups in total. The number of benzene rings is 1. The predicted molar refractivity (Wildman–Crippen MR) is 104 cm³/mol. The summed E-state index contributed by atoms with van der Waals surface area (Å²) in [6.07, 6.45) is 1.03. The maximum absolute atomic E-state index is 4.16. The van der Waals surface area contributed by atoms with Crippen molar-refractivity contribution in [2.24, 2.45) is 0 Å². The minimum absolute atomic E-state index is 0. The highest BCUT2D eigenvalue weighted by atomic mass is 35.5. The van der Waals surface area contributed by atoms with Crippen LogP contribution in [-0.2, 0) is 0 Å². The van der Waals surface area contributed by atoms with Gasteiger partial charge in [-0.15, -0.1) is 31.4 Å². The van der Waals surface area contributed by atoms with E-state index in [1.165, 1.54) is 27.7 Å². The van der Waals surface area contributed by atoms with Gasteiger partial charge in [0.1, 0.15) is 0 Å². The van der Waals surface area contributed by atoms with Crippen molar-refractivity contribution in [3.8, 4) is 0 Å². The summed E-state index contributed by atoms with van der Waals surface area (Å²) in [5, 5.41) is 4.81. The van der Waals surface area contributed by atoms with E-state index in [-0.39, 0.29) is 24.8 Å². The number of hydrogen-bond acceptors (Lipinski definition) is 2. The third-order valence-corrected chi connectivity index (χ3v) is 4.41. The summed E-state index contributed by atoms with van der Waals surface area (Å²) in [7, 11) is 0. The first-order valence-electron chi connectivity index (χ1n) is 7.83. The lowest BCUT2D eigenvalue weighted by Crippen LogP contribution is -2.45. The monoisotopic (exact) mass is 355 g/mol. The third-order valence-electron chi connectivity index (χ3n) is 4.41. The SMILES string of the molecule is C=C(C)C[C@H](c1c(C)[nH]c2ccccc12)N1CCNCC1.Cl.Cl. The first-order chi connectivity index (χ1) is 10.2. The van der Waals surface area contributed by atoms with E-state index in [0.717, 1.165) is 32.6 Å². The van der Waals surface area contributed by atoms with E-state index in [2.05, 4.69) is 59.9 Å². The third kappa shape index (κ3) is 4.30. The average Bonchev–Trinajstić information content (AvgIpc) is 2.81. The number of rotatable bonds is 4. The van der Waals surface area contributed by atoms with Crippen LogP contribution in [0.25, 0.3) is 10.9 Å². The summed E-state index contributed by atoms with van der Waals surface area (Å²) in [4.78, 5) is 6.15. The Morgan fingerprint density at radius 1 is 1.22 bits per heavy atom. The van der Waals surface area contributed by atoms with Crippen LogP contribution < -0.4 is 5.32 Å². The van der Waals surface area contributed by atoms with Gasteiger partial charge in [0.05, 0.1) is 0 Å². The zero-order valence-electron chi connectivity index (χ0n) is 13.9. The highest BCUT2D eigenvalue weighted by Crippen LogP contribution is 2.35. The van der Waals surface area contributed by atoms with Gasteiger partial charge in [0.25, 0.3) is 0 Å². The van der Waals surface area contributed by atoms with Gasteiger partial charge in [-0.1, -0.05) is 23.8 Å². The van der Waals surface area contributed by atoms with E-state index >= 15 is 0 Å². The van der Waals surface area contributed by atoms with Gasteiger partial charge >= 0.3 is 0 Å². The Hall–Kier alpha value is -1.000. The quantitative estimate of drug-likeness (QED) is 0.803. The molecule has 0 saturated carbocycles. The van der Waals surface area contributed by atoms with Crippen LogP contribution in [0.3, 0.4) is 0 Å². The zero-order chi connectivity index (χ0) is 14.8. The molecule has 5 heteroatoms. The maximum atomic E-state index is 4.16. The number of piperazine rings is 1. The van der Waals surface area contributed by atoms with Crippen molar-refractivity contribution >= 4 is 35.7 Å². The standard InChI is InChI=1S/C18H25N3.2ClH/c1-13(2)12-17(21-10-8-19-9-11-21)18-14(3)20-16-7-5-4-6-15(16)18;;/h4-7,17,19-20H,1,8-12H2,2-3H3;2*1H/t17-;;/m1../s1. The molecule has 0 amide bonds. The molecule has 1 aliphatic rings. The minimum atomic E-state index is 0. The molecule has 23 heavy (non-hydrogen) atoms. The Morgan fingerprint density at radius 2 is 1.87 bits per heavy atom. The fourth-order valence-electron chi connectivity index (χ4n) is 3.47. The van der Waals surface area contributed by atoms with Crippen LogP contribution >= 0.6 is 24.8 Å². The van der Waals surface area contributed by atoms with Gasteiger partial charge in [-0.05, 0) is 31.9 Å². The Labute approximate surface area is 151 Å². The summed E-state index contributed by atoms with van der Waals surface area (Å²) in [6, 6.07) is 9.07. The second-order valence-electron chi connectivity index (χ2n) is 6.17. The Balaban J connectivity index is 0.00000132. The lowest BCUT2D eigenvalue weighted by atomic mass is 9.95. The lowest BCUT2D eigenvalue weighted by Gasteiger charge is -2.35. The van der Waals surface area contributed by atoms with E-state index in [1.807, 2.05) is 0 Å². The number of para-hydroxylation sites is 1. The van der Waals surface area contributed by atoms with Gasteiger partial charge < -0.3 is 10.3 Å². The molecule has 2 aromatic rings. The molecule has 3 nitrogen and oxygen atoms in total. The normalized spacial score (nSPS) is 16.4. The van der Waals surface area contributed by atoms with Crippen molar-refractivity contribution in [2.45, 2.75) is 26.3 Å². The molecule has 0 aliphatic carbocycles. The second-order valence-corrected chi connectivity index (χ2v) is 6.17. The highest BCUT2D eigenvalue weighted by Gasteiger charge is 2.26. The summed E-state index contributed by atoms with van der Waals surface area (Å²) < 4.78 is 0. The smallest absolute Gasteiger partial charge is 0.0459 e. The first-order valence-corrected chi connectivity index (χ1v) is 7.83. The molecule has 1 saturated heterocycles. The highest BCUT2D eigenvalue weighted by molar-refractivity contribution is 5.86. The van der Waals surface area contributed by atoms with Crippen molar-refractivity contribution in [3.63, 3.8) is 0 Å². The van der Waals surface area contributed by atoms with Crippen LogP contribution in [0.5, 0.6) is 0 Å². The summed E-state index contributed by atoms with van der Waals surface area (Å²) >= 11 is 0. The molecule has 0 bridgehead atoms. The van der Waals surface area contributed by atoms with Gasteiger partial charge in [-0.25, -0.2) is 0 Å². The van der Waals surface area contributed by atoms with Gasteiger partial charge in [0, 0.05) is 48.8 Å². The minimum Gasteiger partial charge on any atom is -0.358 e. The lowest BCUT2D eigenvalue weighted by molar-refractivity contribution is 0.173. The van der Waals surface area contributed by atoms with Crippen molar-refractivity contribution < 1.29 is 0 Å². The molecular weight excluding hydrogens is 329 g/mol. The van der Waals surface area contributed by atoms with Crippen LogP contribution in [0.15, 0.2) is 36.4 Å². The molecule has 128 valence electrons. The predicted octanol–water partition coefficient (Wildman–Crippen LogP) is 4.23. The topological polar surface area (TPSA) is 31.1 Å². The van der Waals surface area contributed by atoms with Crippen molar-refractivity contribution in [3.05, 3.63) is 47.7 Å². The summed E-state index contributed by atoms with van der Waals surface area (Å²) in [6.45, 7) is 12.9. The molecule has 0 radical (unpaired) electrons. The van der Waals surface area contributed by atoms with E-state index < -0.39 is 0 Å².